The molecule has 0 saturated carbocycles. The first kappa shape index (κ1) is 53.3. The van der Waals surface area contributed by atoms with Gasteiger partial charge in [-0.3, -0.25) is 9.59 Å². The second kappa shape index (κ2) is 39.1. The fourth-order valence-electron chi connectivity index (χ4n) is 6.42. The molecule has 0 aromatic rings. The molecule has 0 radical (unpaired) electrons. The molecule has 8 nitrogen and oxygen atoms in total. The quantitative estimate of drug-likeness (QED) is 0.0264. The van der Waals surface area contributed by atoms with Crippen LogP contribution < -0.4 is 5.11 Å². The normalized spacial score (nSPS) is 13.4. The summed E-state index contributed by atoms with van der Waals surface area (Å²) in [7, 11) is 5.39. The maximum absolute atomic E-state index is 12.7. The van der Waals surface area contributed by atoms with E-state index < -0.39 is 18.1 Å². The highest BCUT2D eigenvalue weighted by molar-refractivity contribution is 5.70. The van der Waals surface area contributed by atoms with Crippen LogP contribution in [0.2, 0.25) is 0 Å². The summed E-state index contributed by atoms with van der Waals surface area (Å²) in [4.78, 5) is 36.8. The summed E-state index contributed by atoms with van der Waals surface area (Å²) < 4.78 is 17.1. The topological polar surface area (TPSA) is 102 Å². The predicted molar refractivity (Wildman–Crippen MR) is 231 cm³/mol. The average molecular weight is 788 g/mol. The summed E-state index contributed by atoms with van der Waals surface area (Å²) in [5, 5.41) is 11.6. The van der Waals surface area contributed by atoms with Crippen molar-refractivity contribution in [2.75, 3.05) is 41.0 Å². The van der Waals surface area contributed by atoms with E-state index in [0.29, 0.717) is 12.8 Å². The third kappa shape index (κ3) is 36.9. The molecular weight excluding hydrogens is 703 g/mol. The van der Waals surface area contributed by atoms with Crippen LogP contribution in [0.15, 0.2) is 48.6 Å². The van der Waals surface area contributed by atoms with Crippen molar-refractivity contribution in [3.8, 4) is 0 Å². The van der Waals surface area contributed by atoms with E-state index in [4.69, 9.17) is 14.2 Å². The number of allylic oxidation sites excluding steroid dienone is 8. The first-order chi connectivity index (χ1) is 27.1. The zero-order valence-electron chi connectivity index (χ0n) is 36.8. The number of quaternary nitrogens is 1. The van der Waals surface area contributed by atoms with Crippen LogP contribution in [0.3, 0.4) is 0 Å². The molecule has 0 bridgehead atoms. The second-order valence-electron chi connectivity index (χ2n) is 16.3. The predicted octanol–water partition coefficient (Wildman–Crippen LogP) is 11.1. The fraction of sp³-hybridized carbons (Fsp3) is 0.771. The van der Waals surface area contributed by atoms with Crippen LogP contribution in [-0.4, -0.2) is 75.5 Å². The van der Waals surface area contributed by atoms with Gasteiger partial charge < -0.3 is 28.6 Å². The van der Waals surface area contributed by atoms with Gasteiger partial charge in [-0.15, -0.1) is 0 Å². The number of carboxylic acid groups (broad SMARTS) is 1. The van der Waals surface area contributed by atoms with Gasteiger partial charge in [0, 0.05) is 19.3 Å². The zero-order chi connectivity index (χ0) is 41.4. The highest BCUT2D eigenvalue weighted by Gasteiger charge is 2.25. The number of hydrogen-bond donors (Lipinski definition) is 0. The molecule has 0 amide bonds. The largest absolute Gasteiger partial charge is 0.544 e. The lowest BCUT2D eigenvalue weighted by Gasteiger charge is -2.34. The van der Waals surface area contributed by atoms with Crippen molar-refractivity contribution in [2.45, 2.75) is 199 Å². The number of unbranched alkanes of at least 4 members (excludes halogenated alkanes) is 18. The van der Waals surface area contributed by atoms with Gasteiger partial charge in [0.15, 0.2) is 6.10 Å². The van der Waals surface area contributed by atoms with Gasteiger partial charge in [-0.1, -0.05) is 165 Å². The Labute approximate surface area is 344 Å². The molecule has 0 aromatic heterocycles. The minimum Gasteiger partial charge on any atom is -0.544 e. The lowest BCUT2D eigenvalue weighted by atomic mass is 10.0. The smallest absolute Gasteiger partial charge is 0.306 e. The molecule has 8 heteroatoms. The average Bonchev–Trinajstić information content (AvgIpc) is 3.15. The zero-order valence-corrected chi connectivity index (χ0v) is 36.8. The minimum atomic E-state index is -1.13. The lowest BCUT2D eigenvalue weighted by Crippen LogP contribution is -2.55. The molecule has 0 N–H and O–H groups in total. The van der Waals surface area contributed by atoms with Gasteiger partial charge in [0.25, 0.3) is 0 Å². The monoisotopic (exact) mass is 788 g/mol. The fourth-order valence-corrected chi connectivity index (χ4v) is 6.42. The Morgan fingerprint density at radius 1 is 0.536 bits per heavy atom. The van der Waals surface area contributed by atoms with Crippen LogP contribution in [0, 0.1) is 0 Å². The Kier molecular flexibility index (Phi) is 37.2. The van der Waals surface area contributed by atoms with Crippen molar-refractivity contribution in [1.29, 1.82) is 0 Å². The molecule has 0 aromatic carbocycles. The first-order valence-electron chi connectivity index (χ1n) is 22.7. The molecule has 0 heterocycles. The Bertz CT molecular complexity index is 1060. The Morgan fingerprint density at radius 3 is 1.45 bits per heavy atom. The highest BCUT2D eigenvalue weighted by atomic mass is 16.6. The molecule has 0 aliphatic carbocycles. The van der Waals surface area contributed by atoms with E-state index in [-0.39, 0.29) is 49.1 Å². The number of likely N-dealkylation sites (N-methyl/N-ethyl adjacent to an activating group) is 1. The minimum absolute atomic E-state index is 0.0248. The Hall–Kier alpha value is -2.71. The van der Waals surface area contributed by atoms with Crippen LogP contribution in [0.5, 0.6) is 0 Å². The number of rotatable bonds is 40. The number of nitrogens with zero attached hydrogens (tertiary/aromatic N) is 1. The van der Waals surface area contributed by atoms with Crippen molar-refractivity contribution in [2.24, 2.45) is 0 Å². The molecule has 56 heavy (non-hydrogen) atoms. The number of carbonyl (C=O) groups excluding carboxylic acids is 3. The second-order valence-corrected chi connectivity index (χ2v) is 16.3. The summed E-state index contributed by atoms with van der Waals surface area (Å²) in [6.07, 6.45) is 45.6. The number of carboxylic acids is 1. The van der Waals surface area contributed by atoms with E-state index in [9.17, 15) is 19.5 Å². The summed E-state index contributed by atoms with van der Waals surface area (Å²) in [6.45, 7) is 4.58. The van der Waals surface area contributed by atoms with Gasteiger partial charge >= 0.3 is 11.9 Å². The maximum Gasteiger partial charge on any atom is 0.306 e. The van der Waals surface area contributed by atoms with E-state index in [1.807, 2.05) is 0 Å². The Morgan fingerprint density at radius 2 is 0.964 bits per heavy atom. The summed E-state index contributed by atoms with van der Waals surface area (Å²) in [5.41, 5.74) is 0. The van der Waals surface area contributed by atoms with E-state index in [0.717, 1.165) is 44.9 Å². The molecule has 0 fully saturated rings. The summed E-state index contributed by atoms with van der Waals surface area (Å²) >= 11 is 0. The molecule has 0 spiro atoms. The van der Waals surface area contributed by atoms with Gasteiger partial charge in [0.1, 0.15) is 12.6 Å². The van der Waals surface area contributed by atoms with Gasteiger partial charge in [-0.25, -0.2) is 0 Å². The van der Waals surface area contributed by atoms with E-state index in [1.165, 1.54) is 103 Å². The van der Waals surface area contributed by atoms with Gasteiger partial charge in [0.2, 0.25) is 0 Å². The third-order valence-electron chi connectivity index (χ3n) is 9.97. The van der Waals surface area contributed by atoms with Crippen molar-refractivity contribution in [3.05, 3.63) is 48.6 Å². The lowest BCUT2D eigenvalue weighted by molar-refractivity contribution is -0.889. The first-order valence-corrected chi connectivity index (χ1v) is 22.7. The van der Waals surface area contributed by atoms with Gasteiger partial charge in [-0.2, -0.15) is 0 Å². The van der Waals surface area contributed by atoms with Crippen LogP contribution in [0.1, 0.15) is 187 Å². The van der Waals surface area contributed by atoms with Crippen LogP contribution in [0.25, 0.3) is 0 Å². The van der Waals surface area contributed by atoms with Crippen molar-refractivity contribution < 1.29 is 38.2 Å². The van der Waals surface area contributed by atoms with Crippen LogP contribution >= 0.6 is 0 Å². The number of ether oxygens (including phenoxy) is 3. The van der Waals surface area contributed by atoms with E-state index >= 15 is 0 Å². The van der Waals surface area contributed by atoms with Crippen molar-refractivity contribution >= 4 is 17.9 Å². The molecule has 0 aliphatic heterocycles. The molecule has 0 rings (SSSR count). The molecular formula is C48H85NO7. The number of carbonyl (C=O) groups is 3. The van der Waals surface area contributed by atoms with E-state index in [2.05, 4.69) is 62.5 Å². The van der Waals surface area contributed by atoms with Gasteiger partial charge in [-0.05, 0) is 51.4 Å². The van der Waals surface area contributed by atoms with E-state index in [1.54, 1.807) is 21.1 Å². The maximum atomic E-state index is 12.7. The summed E-state index contributed by atoms with van der Waals surface area (Å²) in [6, 6.07) is -0.733. The number of hydrogen-bond acceptors (Lipinski definition) is 7. The Balaban J connectivity index is 4.42. The number of esters is 2. The summed E-state index contributed by atoms with van der Waals surface area (Å²) in [5.74, 6) is -1.80. The van der Waals surface area contributed by atoms with Crippen molar-refractivity contribution in [1.82, 2.24) is 0 Å². The highest BCUT2D eigenvalue weighted by Crippen LogP contribution is 2.15. The molecule has 324 valence electrons. The molecule has 0 saturated heterocycles. The number of aliphatic carboxylic acids is 1. The van der Waals surface area contributed by atoms with Gasteiger partial charge in [0.05, 0.1) is 40.3 Å². The molecule has 2 atom stereocenters. The molecule has 0 aliphatic rings. The van der Waals surface area contributed by atoms with Crippen LogP contribution in [-0.2, 0) is 28.6 Å². The SMILES string of the molecule is CCCCC/C=C/C/C=C/C/C=C/C/C=C/CCCC(=O)OCC(COCCC(C(=O)[O-])[N+](C)(C)C)OC(=O)CCCCCCCCCCCCCCCCC. The third-order valence-corrected chi connectivity index (χ3v) is 9.97. The van der Waals surface area contributed by atoms with Crippen molar-refractivity contribution in [3.63, 3.8) is 0 Å². The molecule has 2 unspecified atom stereocenters. The standard InChI is InChI=1S/C48H85NO7/c1-6-8-10-12-14-16-18-20-22-23-25-26-28-30-32-34-36-38-46(50)55-43-44(42-54-41-40-45(48(52)53)49(3,4)5)56-47(51)39-37-35-33-31-29-27-24-21-19-17-15-13-11-9-7-2/h14,16,20,22,25-26,30,32,44-45H,6-13,15,17-19,21,23-24,27-29,31,33-43H2,1-5H3/b16-14+,22-20+,26-25+,32-30+. The van der Waals surface area contributed by atoms with Crippen LogP contribution in [0.4, 0.5) is 0 Å².